The standard InChI is InChI=1S/C16H21NO3/c18-17(19)16-8-4-7-14(12-9-10-12)15(16)11-20-13-5-2-1-3-6-13/h4,7-8,12-13H,1-3,5-6,9-11H2. The summed E-state index contributed by atoms with van der Waals surface area (Å²) < 4.78 is 5.97. The first-order chi connectivity index (χ1) is 9.75. The lowest BCUT2D eigenvalue weighted by Gasteiger charge is -2.22. The topological polar surface area (TPSA) is 52.4 Å². The average Bonchev–Trinajstić information content (AvgIpc) is 3.30. The molecule has 0 saturated heterocycles. The molecular weight excluding hydrogens is 254 g/mol. The van der Waals surface area contributed by atoms with Gasteiger partial charge in [0.2, 0.25) is 0 Å². The second-order valence-electron chi connectivity index (χ2n) is 5.95. The van der Waals surface area contributed by atoms with E-state index in [1.54, 1.807) is 12.1 Å². The molecule has 4 heteroatoms. The molecule has 0 amide bonds. The van der Waals surface area contributed by atoms with Gasteiger partial charge in [0, 0.05) is 6.07 Å². The van der Waals surface area contributed by atoms with E-state index < -0.39 is 0 Å². The number of hydrogen-bond acceptors (Lipinski definition) is 3. The van der Waals surface area contributed by atoms with E-state index in [0.29, 0.717) is 12.5 Å². The summed E-state index contributed by atoms with van der Waals surface area (Å²) in [5, 5.41) is 11.2. The van der Waals surface area contributed by atoms with Crippen molar-refractivity contribution < 1.29 is 9.66 Å². The van der Waals surface area contributed by atoms with Crippen LogP contribution in [0.5, 0.6) is 0 Å². The Morgan fingerprint density at radius 2 is 1.90 bits per heavy atom. The summed E-state index contributed by atoms with van der Waals surface area (Å²) in [6.07, 6.45) is 8.51. The van der Waals surface area contributed by atoms with E-state index in [1.807, 2.05) is 6.07 Å². The summed E-state index contributed by atoms with van der Waals surface area (Å²) in [7, 11) is 0. The minimum absolute atomic E-state index is 0.227. The zero-order valence-corrected chi connectivity index (χ0v) is 11.7. The maximum Gasteiger partial charge on any atom is 0.275 e. The molecule has 2 fully saturated rings. The zero-order valence-electron chi connectivity index (χ0n) is 11.7. The van der Waals surface area contributed by atoms with Crippen molar-refractivity contribution in [2.75, 3.05) is 0 Å². The van der Waals surface area contributed by atoms with Crippen LogP contribution >= 0.6 is 0 Å². The molecule has 2 aliphatic rings. The normalized spacial score (nSPS) is 20.0. The third-order valence-electron chi connectivity index (χ3n) is 4.42. The number of nitro benzene ring substituents is 1. The highest BCUT2D eigenvalue weighted by Gasteiger charge is 2.30. The quantitative estimate of drug-likeness (QED) is 0.594. The summed E-state index contributed by atoms with van der Waals surface area (Å²) in [4.78, 5) is 10.9. The van der Waals surface area contributed by atoms with E-state index in [1.165, 1.54) is 19.3 Å². The molecular formula is C16H21NO3. The van der Waals surface area contributed by atoms with Crippen LogP contribution in [0, 0.1) is 10.1 Å². The summed E-state index contributed by atoms with van der Waals surface area (Å²) in [6, 6.07) is 5.44. The predicted octanol–water partition coefficient (Wildman–Crippen LogP) is 4.32. The predicted molar refractivity (Wildman–Crippen MR) is 76.7 cm³/mol. The van der Waals surface area contributed by atoms with Crippen LogP contribution in [0.15, 0.2) is 18.2 Å². The van der Waals surface area contributed by atoms with Crippen LogP contribution in [-0.2, 0) is 11.3 Å². The summed E-state index contributed by atoms with van der Waals surface area (Å²) in [5.41, 5.74) is 2.17. The van der Waals surface area contributed by atoms with Gasteiger partial charge in [-0.05, 0) is 37.2 Å². The first kappa shape index (κ1) is 13.6. The molecule has 0 heterocycles. The molecule has 3 rings (SSSR count). The Morgan fingerprint density at radius 1 is 1.15 bits per heavy atom. The number of hydrogen-bond donors (Lipinski definition) is 0. The maximum absolute atomic E-state index is 11.2. The largest absolute Gasteiger partial charge is 0.373 e. The van der Waals surface area contributed by atoms with Crippen molar-refractivity contribution in [3.63, 3.8) is 0 Å². The maximum atomic E-state index is 11.2. The fourth-order valence-corrected chi connectivity index (χ4v) is 3.13. The Morgan fingerprint density at radius 3 is 2.55 bits per heavy atom. The molecule has 0 aromatic heterocycles. The summed E-state index contributed by atoms with van der Waals surface area (Å²) in [6.45, 7) is 0.396. The van der Waals surface area contributed by atoms with Crippen LogP contribution in [-0.4, -0.2) is 11.0 Å². The van der Waals surface area contributed by atoms with Gasteiger partial charge in [-0.3, -0.25) is 10.1 Å². The SMILES string of the molecule is O=[N+]([O-])c1cccc(C2CC2)c1COC1CCCCC1. The molecule has 2 saturated carbocycles. The minimum atomic E-state index is -0.272. The highest BCUT2D eigenvalue weighted by molar-refractivity contribution is 5.47. The first-order valence-electron chi connectivity index (χ1n) is 7.63. The number of nitro groups is 1. The van der Waals surface area contributed by atoms with Crippen molar-refractivity contribution in [1.29, 1.82) is 0 Å². The molecule has 0 radical (unpaired) electrons. The molecule has 1 aromatic carbocycles. The zero-order chi connectivity index (χ0) is 13.9. The smallest absolute Gasteiger partial charge is 0.275 e. The number of ether oxygens (including phenoxy) is 1. The van der Waals surface area contributed by atoms with Crippen molar-refractivity contribution >= 4 is 5.69 Å². The molecule has 20 heavy (non-hydrogen) atoms. The van der Waals surface area contributed by atoms with E-state index >= 15 is 0 Å². The fourth-order valence-electron chi connectivity index (χ4n) is 3.13. The Bertz CT molecular complexity index is 490. The van der Waals surface area contributed by atoms with Gasteiger partial charge in [-0.1, -0.05) is 31.4 Å². The minimum Gasteiger partial charge on any atom is -0.373 e. The third kappa shape index (κ3) is 3.01. The van der Waals surface area contributed by atoms with Crippen molar-refractivity contribution in [3.8, 4) is 0 Å². The van der Waals surface area contributed by atoms with Gasteiger partial charge < -0.3 is 4.74 Å². The van der Waals surface area contributed by atoms with Crippen molar-refractivity contribution in [3.05, 3.63) is 39.4 Å². The van der Waals surface area contributed by atoms with Gasteiger partial charge in [-0.15, -0.1) is 0 Å². The fraction of sp³-hybridized carbons (Fsp3) is 0.625. The van der Waals surface area contributed by atoms with Crippen LogP contribution in [0.2, 0.25) is 0 Å². The van der Waals surface area contributed by atoms with Gasteiger partial charge in [-0.2, -0.15) is 0 Å². The molecule has 0 aliphatic heterocycles. The van der Waals surface area contributed by atoms with Crippen LogP contribution in [0.25, 0.3) is 0 Å². The van der Waals surface area contributed by atoms with Gasteiger partial charge in [0.05, 0.1) is 23.2 Å². The second kappa shape index (κ2) is 5.92. The lowest BCUT2D eigenvalue weighted by molar-refractivity contribution is -0.386. The van der Waals surface area contributed by atoms with E-state index in [2.05, 4.69) is 0 Å². The Hall–Kier alpha value is -1.42. The molecule has 1 aromatic rings. The molecule has 0 N–H and O–H groups in total. The van der Waals surface area contributed by atoms with Crippen LogP contribution in [0.1, 0.15) is 62.0 Å². The molecule has 0 atom stereocenters. The van der Waals surface area contributed by atoms with Gasteiger partial charge >= 0.3 is 0 Å². The van der Waals surface area contributed by atoms with E-state index in [9.17, 15) is 10.1 Å². The van der Waals surface area contributed by atoms with Crippen LogP contribution in [0.3, 0.4) is 0 Å². The first-order valence-corrected chi connectivity index (χ1v) is 7.63. The Balaban J connectivity index is 1.77. The van der Waals surface area contributed by atoms with Crippen molar-refractivity contribution in [1.82, 2.24) is 0 Å². The van der Waals surface area contributed by atoms with Crippen molar-refractivity contribution in [2.45, 2.75) is 63.6 Å². The van der Waals surface area contributed by atoms with Crippen molar-refractivity contribution in [2.24, 2.45) is 0 Å². The van der Waals surface area contributed by atoms with Gasteiger partial charge in [0.1, 0.15) is 0 Å². The lowest BCUT2D eigenvalue weighted by Crippen LogP contribution is -2.17. The average molecular weight is 275 g/mol. The van der Waals surface area contributed by atoms with E-state index in [4.69, 9.17) is 4.74 Å². The molecule has 108 valence electrons. The third-order valence-corrected chi connectivity index (χ3v) is 4.42. The Labute approximate surface area is 119 Å². The Kier molecular flexibility index (Phi) is 4.01. The molecule has 4 nitrogen and oxygen atoms in total. The monoisotopic (exact) mass is 275 g/mol. The number of nitrogens with zero attached hydrogens (tertiary/aromatic N) is 1. The highest BCUT2D eigenvalue weighted by atomic mass is 16.6. The van der Waals surface area contributed by atoms with Gasteiger partial charge in [0.15, 0.2) is 0 Å². The summed E-state index contributed by atoms with van der Waals surface area (Å²) in [5.74, 6) is 0.514. The molecule has 0 unspecified atom stereocenters. The molecule has 2 aliphatic carbocycles. The second-order valence-corrected chi connectivity index (χ2v) is 5.95. The lowest BCUT2D eigenvalue weighted by atomic mass is 9.97. The molecule has 0 bridgehead atoms. The van der Waals surface area contributed by atoms with Crippen LogP contribution < -0.4 is 0 Å². The van der Waals surface area contributed by atoms with E-state index in [0.717, 1.165) is 36.8 Å². The van der Waals surface area contributed by atoms with E-state index in [-0.39, 0.29) is 16.7 Å². The van der Waals surface area contributed by atoms with Gasteiger partial charge in [-0.25, -0.2) is 0 Å². The van der Waals surface area contributed by atoms with Gasteiger partial charge in [0.25, 0.3) is 5.69 Å². The number of benzene rings is 1. The number of rotatable bonds is 5. The summed E-state index contributed by atoms with van der Waals surface area (Å²) >= 11 is 0. The van der Waals surface area contributed by atoms with Crippen LogP contribution in [0.4, 0.5) is 5.69 Å². The highest BCUT2D eigenvalue weighted by Crippen LogP contribution is 2.44. The molecule has 0 spiro atoms.